The quantitative estimate of drug-likeness (QED) is 0.604. The van der Waals surface area contributed by atoms with Gasteiger partial charge in [0.05, 0.1) is 11.4 Å². The lowest BCUT2D eigenvalue weighted by atomic mass is 9.98. The van der Waals surface area contributed by atoms with E-state index in [4.69, 9.17) is 0 Å². The van der Waals surface area contributed by atoms with Crippen LogP contribution in [0.15, 0.2) is 46.2 Å². The molecular formula is C12H16N2. The summed E-state index contributed by atoms with van der Waals surface area (Å²) < 4.78 is 0. The molecule has 1 aliphatic rings. The van der Waals surface area contributed by atoms with Crippen molar-refractivity contribution in [1.82, 2.24) is 0 Å². The van der Waals surface area contributed by atoms with Gasteiger partial charge in [-0.1, -0.05) is 18.7 Å². The molecule has 0 unspecified atom stereocenters. The van der Waals surface area contributed by atoms with Crippen LogP contribution in [0.1, 0.15) is 20.8 Å². The Morgan fingerprint density at radius 1 is 1.21 bits per heavy atom. The first kappa shape index (κ1) is 10.6. The molecule has 0 aromatic rings. The largest absolute Gasteiger partial charge is 0.258 e. The number of aliphatic imine (C=N–C) groups is 2. The smallest absolute Gasteiger partial charge is 0.0878 e. The Hall–Kier alpha value is -1.44. The highest BCUT2D eigenvalue weighted by Gasteiger charge is 2.15. The Morgan fingerprint density at radius 3 is 2.29 bits per heavy atom. The van der Waals surface area contributed by atoms with Gasteiger partial charge in [0.15, 0.2) is 0 Å². The molecule has 2 heteroatoms. The van der Waals surface area contributed by atoms with Crippen LogP contribution >= 0.6 is 0 Å². The van der Waals surface area contributed by atoms with Crippen molar-refractivity contribution in [2.45, 2.75) is 20.8 Å². The third-order valence-corrected chi connectivity index (χ3v) is 1.88. The molecule has 0 atom stereocenters. The van der Waals surface area contributed by atoms with Gasteiger partial charge in [-0.05, 0) is 26.8 Å². The van der Waals surface area contributed by atoms with Crippen LogP contribution in [0.3, 0.4) is 0 Å². The van der Waals surface area contributed by atoms with E-state index in [-0.39, 0.29) is 5.41 Å². The van der Waals surface area contributed by atoms with Gasteiger partial charge in [0.2, 0.25) is 0 Å². The minimum absolute atomic E-state index is 0.0784. The standard InChI is InChI=1S/C12H16N2/c1-5-7-11-10(6-2)13-8-12(3,4)9-14-11/h5-9H,1H2,2-4H3/b10-6+,11-7+. The Morgan fingerprint density at radius 2 is 1.79 bits per heavy atom. The van der Waals surface area contributed by atoms with Gasteiger partial charge < -0.3 is 0 Å². The lowest BCUT2D eigenvalue weighted by Gasteiger charge is -2.08. The molecule has 14 heavy (non-hydrogen) atoms. The zero-order chi connectivity index (χ0) is 10.6. The Balaban J connectivity index is 3.16. The van der Waals surface area contributed by atoms with E-state index in [0.29, 0.717) is 0 Å². The molecule has 0 saturated carbocycles. The molecule has 2 nitrogen and oxygen atoms in total. The molecule has 0 bridgehead atoms. The van der Waals surface area contributed by atoms with E-state index in [1.165, 1.54) is 0 Å². The van der Waals surface area contributed by atoms with Crippen molar-refractivity contribution in [2.24, 2.45) is 15.4 Å². The number of rotatable bonds is 1. The predicted molar refractivity (Wildman–Crippen MR) is 62.8 cm³/mol. The van der Waals surface area contributed by atoms with Crippen molar-refractivity contribution in [3.8, 4) is 0 Å². The molecule has 0 aliphatic carbocycles. The van der Waals surface area contributed by atoms with Crippen molar-refractivity contribution in [3.63, 3.8) is 0 Å². The molecule has 0 N–H and O–H groups in total. The molecule has 0 amide bonds. The van der Waals surface area contributed by atoms with Gasteiger partial charge in [-0.2, -0.15) is 0 Å². The van der Waals surface area contributed by atoms with Gasteiger partial charge >= 0.3 is 0 Å². The van der Waals surface area contributed by atoms with Gasteiger partial charge in [-0.3, -0.25) is 9.98 Å². The normalized spacial score (nSPS) is 25.4. The maximum absolute atomic E-state index is 4.39. The molecule has 0 aromatic carbocycles. The summed E-state index contributed by atoms with van der Waals surface area (Å²) in [6.45, 7) is 9.76. The van der Waals surface area contributed by atoms with Gasteiger partial charge in [0.25, 0.3) is 0 Å². The first-order valence-electron chi connectivity index (χ1n) is 4.69. The van der Waals surface area contributed by atoms with Crippen LogP contribution in [0.25, 0.3) is 0 Å². The lowest BCUT2D eigenvalue weighted by Crippen LogP contribution is -2.13. The average Bonchev–Trinajstić information content (AvgIpc) is 2.27. The highest BCUT2D eigenvalue weighted by atomic mass is 14.9. The summed E-state index contributed by atoms with van der Waals surface area (Å²) in [5.74, 6) is 0. The summed E-state index contributed by atoms with van der Waals surface area (Å²) in [7, 11) is 0. The zero-order valence-corrected chi connectivity index (χ0v) is 8.99. The minimum atomic E-state index is -0.0784. The SMILES string of the molecule is C=C/C=C1/N=CC(C)(C)C=N/C1=C/C. The van der Waals surface area contributed by atoms with Gasteiger partial charge in [-0.25, -0.2) is 0 Å². The third-order valence-electron chi connectivity index (χ3n) is 1.88. The average molecular weight is 188 g/mol. The highest BCUT2D eigenvalue weighted by Crippen LogP contribution is 2.20. The fraction of sp³-hybridized carbons (Fsp3) is 0.333. The van der Waals surface area contributed by atoms with E-state index in [2.05, 4.69) is 30.4 Å². The minimum Gasteiger partial charge on any atom is -0.258 e. The first-order chi connectivity index (χ1) is 6.59. The third kappa shape index (κ3) is 2.52. The highest BCUT2D eigenvalue weighted by molar-refractivity contribution is 5.90. The van der Waals surface area contributed by atoms with Crippen LogP contribution < -0.4 is 0 Å². The van der Waals surface area contributed by atoms with E-state index < -0.39 is 0 Å². The van der Waals surface area contributed by atoms with Crippen LogP contribution in [0.4, 0.5) is 0 Å². The lowest BCUT2D eigenvalue weighted by molar-refractivity contribution is 0.767. The van der Waals surface area contributed by atoms with Crippen molar-refractivity contribution in [2.75, 3.05) is 0 Å². The van der Waals surface area contributed by atoms with E-state index in [0.717, 1.165) is 11.4 Å². The monoisotopic (exact) mass is 188 g/mol. The molecule has 0 radical (unpaired) electrons. The van der Waals surface area contributed by atoms with Crippen molar-refractivity contribution < 1.29 is 0 Å². The first-order valence-corrected chi connectivity index (χ1v) is 4.69. The van der Waals surface area contributed by atoms with Gasteiger partial charge in [0, 0.05) is 17.8 Å². The molecule has 1 heterocycles. The second-order valence-electron chi connectivity index (χ2n) is 3.80. The molecule has 1 rings (SSSR count). The number of hydrogen-bond acceptors (Lipinski definition) is 2. The summed E-state index contributed by atoms with van der Waals surface area (Å²) >= 11 is 0. The van der Waals surface area contributed by atoms with Gasteiger partial charge in [-0.15, -0.1) is 0 Å². The summed E-state index contributed by atoms with van der Waals surface area (Å²) in [6, 6.07) is 0. The Bertz CT molecular complexity index is 341. The Labute approximate surface area is 85.5 Å². The molecule has 0 spiro atoms. The molecule has 74 valence electrons. The van der Waals surface area contributed by atoms with Crippen LogP contribution in [-0.4, -0.2) is 12.4 Å². The fourth-order valence-electron chi connectivity index (χ4n) is 1.10. The summed E-state index contributed by atoms with van der Waals surface area (Å²) in [4.78, 5) is 8.78. The number of nitrogens with zero attached hydrogens (tertiary/aromatic N) is 2. The van der Waals surface area contributed by atoms with Crippen LogP contribution in [-0.2, 0) is 0 Å². The number of allylic oxidation sites excluding steroid dienone is 3. The second-order valence-corrected chi connectivity index (χ2v) is 3.80. The molecule has 0 aromatic heterocycles. The topological polar surface area (TPSA) is 24.7 Å². The second kappa shape index (κ2) is 4.18. The summed E-state index contributed by atoms with van der Waals surface area (Å²) in [5.41, 5.74) is 1.68. The van der Waals surface area contributed by atoms with Crippen molar-refractivity contribution in [1.29, 1.82) is 0 Å². The fourth-order valence-corrected chi connectivity index (χ4v) is 1.10. The van der Waals surface area contributed by atoms with E-state index in [9.17, 15) is 0 Å². The zero-order valence-electron chi connectivity index (χ0n) is 8.99. The van der Waals surface area contributed by atoms with Crippen LogP contribution in [0, 0.1) is 5.41 Å². The van der Waals surface area contributed by atoms with Crippen molar-refractivity contribution in [3.05, 3.63) is 36.2 Å². The molecule has 1 aliphatic heterocycles. The van der Waals surface area contributed by atoms with E-state index >= 15 is 0 Å². The molecule has 0 saturated heterocycles. The van der Waals surface area contributed by atoms with Crippen molar-refractivity contribution >= 4 is 12.4 Å². The maximum atomic E-state index is 4.39. The Kier molecular flexibility index (Phi) is 3.18. The van der Waals surface area contributed by atoms with E-state index in [1.54, 1.807) is 6.08 Å². The summed E-state index contributed by atoms with van der Waals surface area (Å²) in [5, 5.41) is 0. The van der Waals surface area contributed by atoms with Crippen LogP contribution in [0.2, 0.25) is 0 Å². The van der Waals surface area contributed by atoms with Crippen LogP contribution in [0.5, 0.6) is 0 Å². The van der Waals surface area contributed by atoms with E-state index in [1.807, 2.05) is 31.5 Å². The molecule has 0 fully saturated rings. The maximum Gasteiger partial charge on any atom is 0.0878 e. The predicted octanol–water partition coefficient (Wildman–Crippen LogP) is 3.14. The molecular weight excluding hydrogens is 172 g/mol. The summed E-state index contributed by atoms with van der Waals surface area (Å²) in [6.07, 6.45) is 9.36. The number of hydrogen-bond donors (Lipinski definition) is 0. The van der Waals surface area contributed by atoms with Gasteiger partial charge in [0.1, 0.15) is 0 Å².